The van der Waals surface area contributed by atoms with Gasteiger partial charge in [-0.3, -0.25) is 4.79 Å². The molecule has 0 radical (unpaired) electrons. The van der Waals surface area contributed by atoms with Crippen molar-refractivity contribution in [3.05, 3.63) is 41.1 Å². The lowest BCUT2D eigenvalue weighted by Crippen LogP contribution is -2.50. The van der Waals surface area contributed by atoms with Crippen molar-refractivity contribution in [2.45, 2.75) is 25.7 Å². The van der Waals surface area contributed by atoms with Crippen LogP contribution in [0.1, 0.15) is 27.7 Å². The molecule has 3 rings (SSSR count). The van der Waals surface area contributed by atoms with Gasteiger partial charge in [-0.2, -0.15) is 4.31 Å². The highest BCUT2D eigenvalue weighted by Crippen LogP contribution is 2.22. The summed E-state index contributed by atoms with van der Waals surface area (Å²) in [6.07, 6.45) is 0. The second kappa shape index (κ2) is 6.57. The van der Waals surface area contributed by atoms with E-state index in [4.69, 9.17) is 4.42 Å². The van der Waals surface area contributed by atoms with Crippen molar-refractivity contribution in [3.8, 4) is 0 Å². The Balaban J connectivity index is 1.72. The first kappa shape index (κ1) is 17.6. The average molecular weight is 364 g/mol. The second-order valence-electron chi connectivity index (χ2n) is 6.09. The van der Waals surface area contributed by atoms with Gasteiger partial charge in [-0.1, -0.05) is 17.7 Å². The number of benzene rings is 1. The number of hydrogen-bond donors (Lipinski definition) is 0. The van der Waals surface area contributed by atoms with Crippen LogP contribution < -0.4 is 0 Å². The molecule has 0 atom stereocenters. The Labute approximate surface area is 146 Å². The quantitative estimate of drug-likeness (QED) is 0.810. The molecule has 1 fully saturated rings. The fourth-order valence-electron chi connectivity index (χ4n) is 2.88. The molecule has 134 valence electrons. The molecule has 2 aromatic rings. The lowest BCUT2D eigenvalue weighted by Gasteiger charge is -2.33. The molecule has 0 unspecified atom stereocenters. The summed E-state index contributed by atoms with van der Waals surface area (Å²) in [6.45, 7) is 6.35. The van der Waals surface area contributed by atoms with Crippen LogP contribution >= 0.6 is 0 Å². The highest BCUT2D eigenvalue weighted by atomic mass is 32.2. The van der Waals surface area contributed by atoms with Gasteiger partial charge in [-0.25, -0.2) is 8.42 Å². The van der Waals surface area contributed by atoms with Crippen molar-refractivity contribution in [1.82, 2.24) is 19.4 Å². The summed E-state index contributed by atoms with van der Waals surface area (Å²) in [6, 6.07) is 5.28. The third kappa shape index (κ3) is 3.42. The van der Waals surface area contributed by atoms with E-state index in [2.05, 4.69) is 10.2 Å². The van der Waals surface area contributed by atoms with Crippen LogP contribution in [0.25, 0.3) is 0 Å². The number of nitrogens with zero attached hydrogens (tertiary/aromatic N) is 4. The number of sulfonamides is 1. The van der Waals surface area contributed by atoms with E-state index < -0.39 is 10.0 Å². The smallest absolute Gasteiger partial charge is 0.311 e. The van der Waals surface area contributed by atoms with Crippen molar-refractivity contribution in [3.63, 3.8) is 0 Å². The number of carbonyl (C=O) groups excluding carboxylic acids is 1. The van der Waals surface area contributed by atoms with E-state index in [0.29, 0.717) is 10.8 Å². The molecule has 0 N–H and O–H groups in total. The predicted molar refractivity (Wildman–Crippen MR) is 89.6 cm³/mol. The van der Waals surface area contributed by atoms with Crippen LogP contribution in [-0.4, -0.2) is 59.9 Å². The van der Waals surface area contributed by atoms with Crippen molar-refractivity contribution in [2.24, 2.45) is 0 Å². The molecule has 1 amide bonds. The Morgan fingerprint density at radius 3 is 2.32 bits per heavy atom. The fourth-order valence-corrected chi connectivity index (χ4v) is 4.51. The van der Waals surface area contributed by atoms with Gasteiger partial charge in [0.2, 0.25) is 15.9 Å². The predicted octanol–water partition coefficient (Wildman–Crippen LogP) is 1.14. The number of aryl methyl sites for hydroxylation is 3. The van der Waals surface area contributed by atoms with E-state index in [0.717, 1.165) is 11.1 Å². The Bertz CT molecular complexity index is 899. The molecule has 8 nitrogen and oxygen atoms in total. The standard InChI is InChI=1S/C16H20N4O4S/c1-11-4-5-14(12(2)10-11)25(22,23)20-8-6-19(7-9-20)16(21)15-18-17-13(3)24-15/h4-5,10H,6-9H2,1-3H3. The van der Waals surface area contributed by atoms with Gasteiger partial charge in [-0.15, -0.1) is 10.2 Å². The first-order valence-electron chi connectivity index (χ1n) is 7.96. The largest absolute Gasteiger partial charge is 0.417 e. The average Bonchev–Trinajstić information content (AvgIpc) is 3.00. The number of rotatable bonds is 3. The summed E-state index contributed by atoms with van der Waals surface area (Å²) >= 11 is 0. The Kier molecular flexibility index (Phi) is 4.61. The molecular weight excluding hydrogens is 344 g/mol. The van der Waals surface area contributed by atoms with Crippen LogP contribution in [-0.2, 0) is 10.0 Å². The fraction of sp³-hybridized carbons (Fsp3) is 0.438. The molecule has 0 saturated carbocycles. The zero-order valence-corrected chi connectivity index (χ0v) is 15.2. The van der Waals surface area contributed by atoms with Gasteiger partial charge < -0.3 is 9.32 Å². The van der Waals surface area contributed by atoms with E-state index in [1.807, 2.05) is 13.0 Å². The first-order chi connectivity index (χ1) is 11.8. The van der Waals surface area contributed by atoms with Gasteiger partial charge in [0.25, 0.3) is 0 Å². The number of piperazine rings is 1. The maximum Gasteiger partial charge on any atom is 0.311 e. The molecule has 1 aliphatic rings. The maximum atomic E-state index is 12.9. The molecule has 1 aromatic carbocycles. The van der Waals surface area contributed by atoms with Crippen molar-refractivity contribution >= 4 is 15.9 Å². The molecule has 25 heavy (non-hydrogen) atoms. The van der Waals surface area contributed by atoms with E-state index in [9.17, 15) is 13.2 Å². The lowest BCUT2D eigenvalue weighted by molar-refractivity contribution is 0.0656. The zero-order chi connectivity index (χ0) is 18.2. The highest BCUT2D eigenvalue weighted by molar-refractivity contribution is 7.89. The monoisotopic (exact) mass is 364 g/mol. The minimum Gasteiger partial charge on any atom is -0.417 e. The topological polar surface area (TPSA) is 96.6 Å². The molecule has 1 saturated heterocycles. The summed E-state index contributed by atoms with van der Waals surface area (Å²) < 4.78 is 32.3. The van der Waals surface area contributed by atoms with Crippen LogP contribution in [0.3, 0.4) is 0 Å². The first-order valence-corrected chi connectivity index (χ1v) is 9.40. The number of amides is 1. The van der Waals surface area contributed by atoms with E-state index in [-0.39, 0.29) is 38.0 Å². The summed E-state index contributed by atoms with van der Waals surface area (Å²) in [5.74, 6) is -0.119. The lowest BCUT2D eigenvalue weighted by atomic mass is 10.2. The maximum absolute atomic E-state index is 12.9. The minimum absolute atomic E-state index is 0.0665. The van der Waals surface area contributed by atoms with Gasteiger partial charge >= 0.3 is 11.8 Å². The summed E-state index contributed by atoms with van der Waals surface area (Å²) in [5.41, 5.74) is 1.74. The molecule has 0 spiro atoms. The third-order valence-electron chi connectivity index (χ3n) is 4.18. The zero-order valence-electron chi connectivity index (χ0n) is 14.4. The number of aromatic nitrogens is 2. The summed E-state index contributed by atoms with van der Waals surface area (Å²) in [7, 11) is -3.58. The van der Waals surface area contributed by atoms with Gasteiger partial charge in [0.1, 0.15) is 0 Å². The highest BCUT2D eigenvalue weighted by Gasteiger charge is 2.32. The van der Waals surface area contributed by atoms with Crippen molar-refractivity contribution < 1.29 is 17.6 Å². The van der Waals surface area contributed by atoms with Gasteiger partial charge in [0.15, 0.2) is 0 Å². The van der Waals surface area contributed by atoms with Crippen molar-refractivity contribution in [1.29, 1.82) is 0 Å². The molecule has 1 aliphatic heterocycles. The Morgan fingerprint density at radius 1 is 1.08 bits per heavy atom. The van der Waals surface area contributed by atoms with Crippen molar-refractivity contribution in [2.75, 3.05) is 26.2 Å². The van der Waals surface area contributed by atoms with Crippen LogP contribution in [0.4, 0.5) is 0 Å². The van der Waals surface area contributed by atoms with E-state index >= 15 is 0 Å². The normalized spacial score (nSPS) is 16.2. The summed E-state index contributed by atoms with van der Waals surface area (Å²) in [5, 5.41) is 7.36. The Hall–Kier alpha value is -2.26. The van der Waals surface area contributed by atoms with Gasteiger partial charge in [-0.05, 0) is 25.5 Å². The van der Waals surface area contributed by atoms with Crippen LogP contribution in [0.5, 0.6) is 0 Å². The summed E-state index contributed by atoms with van der Waals surface area (Å²) in [4.78, 5) is 14.1. The van der Waals surface area contributed by atoms with Crippen LogP contribution in [0.15, 0.2) is 27.5 Å². The van der Waals surface area contributed by atoms with Gasteiger partial charge in [0.05, 0.1) is 4.90 Å². The van der Waals surface area contributed by atoms with E-state index in [1.165, 1.54) is 9.21 Å². The minimum atomic E-state index is -3.58. The molecule has 1 aromatic heterocycles. The molecule has 9 heteroatoms. The SMILES string of the molecule is Cc1ccc(S(=O)(=O)N2CCN(C(=O)c3nnc(C)o3)CC2)c(C)c1. The third-order valence-corrected chi connectivity index (χ3v) is 6.24. The molecule has 0 aliphatic carbocycles. The van der Waals surface area contributed by atoms with Gasteiger partial charge in [0, 0.05) is 33.1 Å². The molecule has 2 heterocycles. The molecule has 0 bridgehead atoms. The van der Waals surface area contributed by atoms with Crippen LogP contribution in [0.2, 0.25) is 0 Å². The van der Waals surface area contributed by atoms with E-state index in [1.54, 1.807) is 26.0 Å². The number of carbonyl (C=O) groups is 1. The second-order valence-corrected chi connectivity index (χ2v) is 8.00. The van der Waals surface area contributed by atoms with Crippen LogP contribution in [0, 0.1) is 20.8 Å². The number of hydrogen-bond acceptors (Lipinski definition) is 6. The molecular formula is C16H20N4O4S. The Morgan fingerprint density at radius 2 is 1.76 bits per heavy atom.